The molecule has 0 atom stereocenters. The molecule has 0 saturated carbocycles. The van der Waals surface area contributed by atoms with Crippen LogP contribution >= 0.6 is 6.89 Å². The number of carbonyl (C=O) groups is 1. The lowest BCUT2D eigenvalue weighted by atomic mass is 9.98. The summed E-state index contributed by atoms with van der Waals surface area (Å²) in [5.41, 5.74) is 0.497. The topological polar surface area (TPSA) is 26.3 Å². The molecule has 3 heteroatoms. The van der Waals surface area contributed by atoms with Crippen LogP contribution in [-0.4, -0.2) is 11.4 Å². The quantitative estimate of drug-likeness (QED) is 0.476. The van der Waals surface area contributed by atoms with Gasteiger partial charge in [-0.05, 0) is 15.9 Å². The van der Waals surface area contributed by atoms with Gasteiger partial charge in [-0.2, -0.15) is 0 Å². The summed E-state index contributed by atoms with van der Waals surface area (Å²) in [5, 5.41) is 3.54. The molecule has 0 aromatic heterocycles. The van der Waals surface area contributed by atoms with Gasteiger partial charge in [0.15, 0.2) is 0 Å². The van der Waals surface area contributed by atoms with Crippen LogP contribution in [-0.2, 0) is 9.53 Å². The van der Waals surface area contributed by atoms with Crippen LogP contribution in [0, 0.1) is 5.41 Å². The molecule has 3 rings (SSSR count). The summed E-state index contributed by atoms with van der Waals surface area (Å²) in [5.74, 6) is -0.280. The monoisotopic (exact) mass is 390 g/mol. The van der Waals surface area contributed by atoms with Crippen LogP contribution in [0.2, 0.25) is 0 Å². The number of esters is 1. The Morgan fingerprint density at radius 3 is 1.25 bits per heavy atom. The number of carbonyl (C=O) groups excluding carboxylic acids is 1. The predicted octanol–water partition coefficient (Wildman–Crippen LogP) is 4.72. The molecule has 28 heavy (non-hydrogen) atoms. The summed E-state index contributed by atoms with van der Waals surface area (Å²) >= 11 is 0. The Bertz CT molecular complexity index is 882. The lowest BCUT2D eigenvalue weighted by Gasteiger charge is -2.36. The van der Waals surface area contributed by atoms with Gasteiger partial charge in [-0.25, -0.2) is 0 Å². The maximum Gasteiger partial charge on any atom is 0.307 e. The molecule has 0 radical (unpaired) electrons. The molecule has 0 saturated heterocycles. The smallest absolute Gasteiger partial charge is 0.307 e. The first-order valence-electron chi connectivity index (χ1n) is 9.49. The van der Waals surface area contributed by atoms with Crippen LogP contribution in [0.1, 0.15) is 27.7 Å². The number of rotatable bonds is 4. The molecule has 144 valence electrons. The van der Waals surface area contributed by atoms with Gasteiger partial charge in [0.05, 0.1) is 0 Å². The second-order valence-electron chi connectivity index (χ2n) is 7.83. The summed E-state index contributed by atoms with van der Waals surface area (Å²) < 4.78 is 6.07. The van der Waals surface area contributed by atoms with E-state index in [-0.39, 0.29) is 11.4 Å². The zero-order valence-corrected chi connectivity index (χ0v) is 17.8. The van der Waals surface area contributed by atoms with Gasteiger partial charge in [-0.15, -0.1) is 0 Å². The Balaban J connectivity index is 2.62. The Labute approximate surface area is 168 Å². The number of hydrogen-bond acceptors (Lipinski definition) is 2. The summed E-state index contributed by atoms with van der Waals surface area (Å²) in [4.78, 5) is 12.2. The van der Waals surface area contributed by atoms with Crippen molar-refractivity contribution in [3.8, 4) is 0 Å². The second kappa shape index (κ2) is 8.20. The fraction of sp³-hybridized carbons (Fsp3) is 0.200. The molecule has 0 bridgehead atoms. The highest BCUT2D eigenvalue weighted by Gasteiger charge is 2.37. The Morgan fingerprint density at radius 2 is 1.00 bits per heavy atom. The van der Waals surface area contributed by atoms with E-state index in [9.17, 15) is 4.79 Å². The van der Waals surface area contributed by atoms with Crippen molar-refractivity contribution in [3.63, 3.8) is 0 Å². The van der Waals surface area contributed by atoms with E-state index in [2.05, 4.69) is 93.6 Å². The fourth-order valence-electron chi connectivity index (χ4n) is 3.61. The molecular formula is C25H27O2P. The molecule has 0 N–H and O–H groups in total. The minimum absolute atomic E-state index is 0.280. The molecule has 2 nitrogen and oxygen atoms in total. The molecule has 0 amide bonds. The fourth-order valence-corrected chi connectivity index (χ4v) is 8.34. The standard InChI is InChI=1S/C25H27O2P/c1-20(26)27-24(25(2,3)4)28(21-14-8-5-9-15-21,22-16-10-6-11-17-22)23-18-12-7-13-19-23/h5-19H,1-4H3. The first kappa shape index (κ1) is 20.2. The minimum Gasteiger partial charge on any atom is -0.430 e. The molecular weight excluding hydrogens is 363 g/mol. The predicted molar refractivity (Wildman–Crippen MR) is 121 cm³/mol. The summed E-state index contributed by atoms with van der Waals surface area (Å²) in [6.45, 7) is 5.48. The third-order valence-electron chi connectivity index (χ3n) is 4.62. The van der Waals surface area contributed by atoms with Gasteiger partial charge in [0.1, 0.15) is 5.48 Å². The number of ether oxygens (including phenoxy) is 1. The van der Waals surface area contributed by atoms with Crippen LogP contribution in [0.4, 0.5) is 0 Å². The van der Waals surface area contributed by atoms with Crippen LogP contribution in [0.25, 0.3) is 0 Å². The molecule has 0 unspecified atom stereocenters. The average molecular weight is 390 g/mol. The maximum atomic E-state index is 12.2. The Kier molecular flexibility index (Phi) is 5.91. The molecule has 0 aliphatic heterocycles. The zero-order valence-electron chi connectivity index (χ0n) is 16.9. The minimum atomic E-state index is -2.37. The van der Waals surface area contributed by atoms with Gasteiger partial charge in [-0.3, -0.25) is 4.79 Å². The third-order valence-corrected chi connectivity index (χ3v) is 9.21. The van der Waals surface area contributed by atoms with Gasteiger partial charge in [0.25, 0.3) is 0 Å². The van der Waals surface area contributed by atoms with E-state index in [0.717, 1.165) is 5.48 Å². The van der Waals surface area contributed by atoms with E-state index in [0.29, 0.717) is 0 Å². The molecule has 0 spiro atoms. The highest BCUT2D eigenvalue weighted by atomic mass is 31.2. The normalized spacial score (nSPS) is 11.7. The van der Waals surface area contributed by atoms with Crippen molar-refractivity contribution in [2.75, 3.05) is 0 Å². The van der Waals surface area contributed by atoms with Crippen molar-refractivity contribution < 1.29 is 9.53 Å². The van der Waals surface area contributed by atoms with Gasteiger partial charge in [0.2, 0.25) is 0 Å². The van der Waals surface area contributed by atoms with E-state index in [4.69, 9.17) is 4.74 Å². The van der Waals surface area contributed by atoms with Gasteiger partial charge >= 0.3 is 5.97 Å². The lowest BCUT2D eigenvalue weighted by Crippen LogP contribution is -2.37. The van der Waals surface area contributed by atoms with Crippen molar-refractivity contribution >= 4 is 34.2 Å². The molecule has 0 fully saturated rings. The van der Waals surface area contributed by atoms with E-state index in [1.54, 1.807) is 0 Å². The van der Waals surface area contributed by atoms with E-state index in [1.165, 1.54) is 22.8 Å². The third kappa shape index (κ3) is 3.84. The van der Waals surface area contributed by atoms with Crippen LogP contribution < -0.4 is 15.9 Å². The largest absolute Gasteiger partial charge is 0.430 e. The summed E-state index contributed by atoms with van der Waals surface area (Å²) in [6, 6.07) is 31.4. The molecule has 0 heterocycles. The summed E-state index contributed by atoms with van der Waals surface area (Å²) in [6.07, 6.45) is 0. The highest BCUT2D eigenvalue weighted by molar-refractivity contribution is 7.95. The maximum absolute atomic E-state index is 12.2. The first-order chi connectivity index (χ1) is 13.4. The number of hydrogen-bond donors (Lipinski definition) is 0. The van der Waals surface area contributed by atoms with Crippen LogP contribution in [0.15, 0.2) is 91.0 Å². The highest BCUT2D eigenvalue weighted by Crippen LogP contribution is 2.50. The van der Waals surface area contributed by atoms with Crippen LogP contribution in [0.5, 0.6) is 0 Å². The molecule has 0 aliphatic carbocycles. The molecule has 0 aliphatic rings. The van der Waals surface area contributed by atoms with Crippen molar-refractivity contribution in [1.29, 1.82) is 0 Å². The SMILES string of the molecule is CC(=O)OC(C(C)(C)C)=P(c1ccccc1)(c1ccccc1)c1ccccc1. The van der Waals surface area contributed by atoms with Crippen LogP contribution in [0.3, 0.4) is 0 Å². The van der Waals surface area contributed by atoms with Gasteiger partial charge < -0.3 is 4.74 Å². The Morgan fingerprint density at radius 1 is 0.679 bits per heavy atom. The van der Waals surface area contributed by atoms with E-state index < -0.39 is 6.89 Å². The zero-order chi connectivity index (χ0) is 20.2. The van der Waals surface area contributed by atoms with E-state index in [1.807, 2.05) is 18.2 Å². The van der Waals surface area contributed by atoms with Crippen molar-refractivity contribution in [3.05, 3.63) is 91.0 Å². The molecule has 3 aromatic rings. The average Bonchev–Trinajstić information content (AvgIpc) is 2.69. The van der Waals surface area contributed by atoms with Gasteiger partial charge in [0, 0.05) is 19.2 Å². The van der Waals surface area contributed by atoms with E-state index >= 15 is 0 Å². The molecule has 3 aromatic carbocycles. The Hall–Kier alpha value is -2.57. The number of benzene rings is 3. The van der Waals surface area contributed by atoms with Crippen molar-refractivity contribution in [2.24, 2.45) is 5.41 Å². The summed E-state index contributed by atoms with van der Waals surface area (Å²) in [7, 11) is 0. The van der Waals surface area contributed by atoms with Crippen molar-refractivity contribution in [1.82, 2.24) is 0 Å². The lowest BCUT2D eigenvalue weighted by molar-refractivity contribution is -0.133. The van der Waals surface area contributed by atoms with Gasteiger partial charge in [-0.1, -0.05) is 112 Å². The first-order valence-corrected chi connectivity index (χ1v) is 11.3. The van der Waals surface area contributed by atoms with Crippen molar-refractivity contribution in [2.45, 2.75) is 27.7 Å². The second-order valence-corrected chi connectivity index (χ2v) is 11.1.